The maximum atomic E-state index is 13.1. The quantitative estimate of drug-likeness (QED) is 0.432. The van der Waals surface area contributed by atoms with E-state index in [0.29, 0.717) is 21.5 Å². The monoisotopic (exact) mass is 455 g/mol. The molecular weight excluding hydrogens is 434 g/mol. The van der Waals surface area contributed by atoms with Gasteiger partial charge in [-0.2, -0.15) is 0 Å². The van der Waals surface area contributed by atoms with E-state index in [1.807, 2.05) is 47.2 Å². The smallest absolute Gasteiger partial charge is 0.270 e. The molecule has 0 unspecified atom stereocenters. The van der Waals surface area contributed by atoms with Crippen LogP contribution in [0.5, 0.6) is 0 Å². The molecule has 1 N–H and O–H groups in total. The van der Waals surface area contributed by atoms with Crippen molar-refractivity contribution in [3.63, 3.8) is 0 Å². The van der Waals surface area contributed by atoms with E-state index in [2.05, 4.69) is 4.98 Å². The lowest BCUT2D eigenvalue weighted by Crippen LogP contribution is -2.36. The first kappa shape index (κ1) is 21.2. The number of nitrogens with zero attached hydrogens (tertiary/aromatic N) is 3. The van der Waals surface area contributed by atoms with E-state index >= 15 is 0 Å². The highest BCUT2D eigenvalue weighted by Crippen LogP contribution is 2.32. The number of carbonyl (C=O) groups excluding carboxylic acids is 2. The number of furan rings is 1. The molecule has 0 radical (unpaired) electrons. The number of amides is 2. The van der Waals surface area contributed by atoms with Crippen LogP contribution in [0.15, 0.2) is 57.6 Å². The van der Waals surface area contributed by atoms with Crippen LogP contribution in [-0.4, -0.2) is 53.5 Å². The second-order valence-corrected chi connectivity index (χ2v) is 8.67. The highest BCUT2D eigenvalue weighted by atomic mass is 32.1. The Hall–Kier alpha value is -3.01. The number of likely N-dealkylation sites (N-methyl/N-ethyl adjacent to an activating group) is 1. The standard InChI is InChI=1S/C22H21N3O4S2/c1-24(10-11-26)20(27)8-9-25(21(28)19-7-4-12-30-19)22-23-16(14-31-22)18-13-15-5-2-3-6-17(15)29-18/h2-7,12-14,26H,8-11H2,1H3. The predicted molar refractivity (Wildman–Crippen MR) is 123 cm³/mol. The number of hydrogen-bond donors (Lipinski definition) is 1. The molecule has 4 rings (SSSR count). The third kappa shape index (κ3) is 4.68. The molecule has 160 valence electrons. The van der Waals surface area contributed by atoms with E-state index in [4.69, 9.17) is 9.52 Å². The summed E-state index contributed by atoms with van der Waals surface area (Å²) in [4.78, 5) is 33.7. The van der Waals surface area contributed by atoms with Crippen LogP contribution in [-0.2, 0) is 4.79 Å². The minimum absolute atomic E-state index is 0.104. The van der Waals surface area contributed by atoms with Gasteiger partial charge in [0.2, 0.25) is 5.91 Å². The summed E-state index contributed by atoms with van der Waals surface area (Å²) in [7, 11) is 1.63. The van der Waals surface area contributed by atoms with E-state index in [1.165, 1.54) is 32.5 Å². The van der Waals surface area contributed by atoms with Crippen LogP contribution in [0.4, 0.5) is 5.13 Å². The number of hydrogen-bond acceptors (Lipinski definition) is 7. The summed E-state index contributed by atoms with van der Waals surface area (Å²) >= 11 is 2.68. The number of fused-ring (bicyclic) bond motifs is 1. The van der Waals surface area contributed by atoms with Crippen LogP contribution in [0.2, 0.25) is 0 Å². The molecule has 0 bridgehead atoms. The number of carbonyl (C=O) groups is 2. The molecule has 9 heteroatoms. The first-order valence-corrected chi connectivity index (χ1v) is 11.5. The van der Waals surface area contributed by atoms with Gasteiger partial charge in [0, 0.05) is 37.3 Å². The third-order valence-corrected chi connectivity index (χ3v) is 6.51. The predicted octanol–water partition coefficient (Wildman–Crippen LogP) is 4.11. The molecule has 0 atom stereocenters. The Balaban J connectivity index is 1.59. The molecule has 31 heavy (non-hydrogen) atoms. The Kier molecular flexibility index (Phi) is 6.45. The van der Waals surface area contributed by atoms with Crippen LogP contribution < -0.4 is 4.90 Å². The molecule has 0 aliphatic carbocycles. The maximum absolute atomic E-state index is 13.1. The van der Waals surface area contributed by atoms with E-state index in [-0.39, 0.29) is 37.9 Å². The number of para-hydroxylation sites is 1. The van der Waals surface area contributed by atoms with Gasteiger partial charge in [0.15, 0.2) is 10.9 Å². The molecule has 0 aliphatic heterocycles. The van der Waals surface area contributed by atoms with Crippen molar-refractivity contribution in [3.05, 3.63) is 58.1 Å². The number of rotatable bonds is 8. The van der Waals surface area contributed by atoms with E-state index in [9.17, 15) is 9.59 Å². The zero-order chi connectivity index (χ0) is 21.8. The van der Waals surface area contributed by atoms with Crippen molar-refractivity contribution in [1.82, 2.24) is 9.88 Å². The Morgan fingerprint density at radius 1 is 1.13 bits per heavy atom. The first-order valence-electron chi connectivity index (χ1n) is 9.71. The molecular formula is C22H21N3O4S2. The summed E-state index contributed by atoms with van der Waals surface area (Å²) in [6.07, 6.45) is 0.132. The third-order valence-electron chi connectivity index (χ3n) is 4.79. The lowest BCUT2D eigenvalue weighted by atomic mass is 10.2. The summed E-state index contributed by atoms with van der Waals surface area (Å²) in [5.74, 6) is 0.288. The molecule has 3 aromatic heterocycles. The van der Waals surface area contributed by atoms with Crippen molar-refractivity contribution in [3.8, 4) is 11.5 Å². The van der Waals surface area contributed by atoms with Crippen LogP contribution in [0.25, 0.3) is 22.4 Å². The van der Waals surface area contributed by atoms with Gasteiger partial charge in [-0.25, -0.2) is 4.98 Å². The fourth-order valence-corrected chi connectivity index (χ4v) is 4.61. The molecule has 0 aliphatic rings. The molecule has 3 heterocycles. The second-order valence-electron chi connectivity index (χ2n) is 6.89. The molecule has 7 nitrogen and oxygen atoms in total. The molecule has 0 spiro atoms. The van der Waals surface area contributed by atoms with Crippen LogP contribution in [0.1, 0.15) is 16.1 Å². The number of benzene rings is 1. The van der Waals surface area contributed by atoms with Crippen LogP contribution in [0, 0.1) is 0 Å². The molecule has 0 saturated carbocycles. The summed E-state index contributed by atoms with van der Waals surface area (Å²) in [6.45, 7) is 0.344. The fourth-order valence-electron chi connectivity index (χ4n) is 3.10. The van der Waals surface area contributed by atoms with E-state index in [1.54, 1.807) is 13.1 Å². The van der Waals surface area contributed by atoms with Crippen molar-refractivity contribution in [2.75, 3.05) is 31.6 Å². The average Bonchev–Trinajstić information content (AvgIpc) is 3.53. The topological polar surface area (TPSA) is 86.9 Å². The Labute approximate surface area is 187 Å². The number of aromatic nitrogens is 1. The van der Waals surface area contributed by atoms with Crippen molar-refractivity contribution in [2.24, 2.45) is 0 Å². The van der Waals surface area contributed by atoms with Gasteiger partial charge < -0.3 is 14.4 Å². The first-order chi connectivity index (χ1) is 15.1. The maximum Gasteiger partial charge on any atom is 0.270 e. The average molecular weight is 456 g/mol. The van der Waals surface area contributed by atoms with Gasteiger partial charge in [-0.1, -0.05) is 24.3 Å². The zero-order valence-electron chi connectivity index (χ0n) is 16.9. The summed E-state index contributed by atoms with van der Waals surface area (Å²) in [5, 5.41) is 14.2. The van der Waals surface area contributed by atoms with Gasteiger partial charge in [-0.3, -0.25) is 14.5 Å². The van der Waals surface area contributed by atoms with Gasteiger partial charge in [0.25, 0.3) is 5.91 Å². The van der Waals surface area contributed by atoms with E-state index < -0.39 is 0 Å². The van der Waals surface area contributed by atoms with Gasteiger partial charge in [0.1, 0.15) is 11.3 Å². The normalized spacial score (nSPS) is 11.0. The zero-order valence-corrected chi connectivity index (χ0v) is 18.5. The van der Waals surface area contributed by atoms with E-state index in [0.717, 1.165) is 11.0 Å². The minimum Gasteiger partial charge on any atom is -0.454 e. The van der Waals surface area contributed by atoms with Crippen molar-refractivity contribution in [2.45, 2.75) is 6.42 Å². The van der Waals surface area contributed by atoms with Gasteiger partial charge in [-0.05, 0) is 23.6 Å². The lowest BCUT2D eigenvalue weighted by Gasteiger charge is -2.21. The van der Waals surface area contributed by atoms with Gasteiger partial charge in [0.05, 0.1) is 11.5 Å². The summed E-state index contributed by atoms with van der Waals surface area (Å²) < 4.78 is 5.89. The summed E-state index contributed by atoms with van der Waals surface area (Å²) in [5.41, 5.74) is 1.42. The van der Waals surface area contributed by atoms with Gasteiger partial charge in [-0.15, -0.1) is 22.7 Å². The van der Waals surface area contributed by atoms with Crippen molar-refractivity contribution < 1.29 is 19.1 Å². The minimum atomic E-state index is -0.196. The highest BCUT2D eigenvalue weighted by Gasteiger charge is 2.24. The fraction of sp³-hybridized carbons (Fsp3) is 0.227. The molecule has 2 amide bonds. The lowest BCUT2D eigenvalue weighted by molar-refractivity contribution is -0.130. The second kappa shape index (κ2) is 9.42. The number of thiophene rings is 1. The van der Waals surface area contributed by atoms with Gasteiger partial charge >= 0.3 is 0 Å². The Morgan fingerprint density at radius 3 is 2.71 bits per heavy atom. The largest absolute Gasteiger partial charge is 0.454 e. The Bertz CT molecular complexity index is 1150. The molecule has 0 saturated heterocycles. The number of aliphatic hydroxyl groups excluding tert-OH is 1. The van der Waals surface area contributed by atoms with Crippen LogP contribution >= 0.6 is 22.7 Å². The SMILES string of the molecule is CN(CCO)C(=O)CCN(C(=O)c1cccs1)c1nc(-c2cc3ccccc3o2)cs1. The molecule has 4 aromatic rings. The van der Waals surface area contributed by atoms with Crippen molar-refractivity contribution >= 4 is 50.6 Å². The summed E-state index contributed by atoms with van der Waals surface area (Å²) in [6, 6.07) is 13.2. The number of aliphatic hydroxyl groups is 1. The number of thiazole rings is 1. The van der Waals surface area contributed by atoms with Crippen molar-refractivity contribution in [1.29, 1.82) is 0 Å². The van der Waals surface area contributed by atoms with Crippen LogP contribution in [0.3, 0.4) is 0 Å². The molecule has 1 aromatic carbocycles. The number of anilines is 1. The molecule has 0 fully saturated rings. The highest BCUT2D eigenvalue weighted by molar-refractivity contribution is 7.14. The Morgan fingerprint density at radius 2 is 1.97 bits per heavy atom.